The van der Waals surface area contributed by atoms with Gasteiger partial charge in [-0.15, -0.1) is 0 Å². The summed E-state index contributed by atoms with van der Waals surface area (Å²) in [6.45, 7) is 5.39. The van der Waals surface area contributed by atoms with Gasteiger partial charge in [0, 0.05) is 10.0 Å². The molecule has 0 aliphatic rings. The first kappa shape index (κ1) is 13.8. The van der Waals surface area contributed by atoms with Crippen LogP contribution in [0.4, 0.5) is 10.1 Å². The molecule has 0 saturated carbocycles. The van der Waals surface area contributed by atoms with Crippen LogP contribution in [0.15, 0.2) is 27.1 Å². The van der Waals surface area contributed by atoms with Crippen LogP contribution in [0, 0.1) is 26.6 Å². The van der Waals surface area contributed by atoms with Gasteiger partial charge in [-0.3, -0.25) is 4.79 Å². The van der Waals surface area contributed by atoms with E-state index < -0.39 is 0 Å². The second kappa shape index (κ2) is 5.17. The molecule has 0 bridgehead atoms. The van der Waals surface area contributed by atoms with Crippen molar-refractivity contribution in [3.8, 4) is 0 Å². The summed E-state index contributed by atoms with van der Waals surface area (Å²) in [4.78, 5) is 12.2. The van der Waals surface area contributed by atoms with Crippen LogP contribution in [0.2, 0.25) is 0 Å². The molecule has 0 aliphatic heterocycles. The van der Waals surface area contributed by atoms with Crippen LogP contribution in [0.5, 0.6) is 0 Å². The molecule has 0 unspecified atom stereocenters. The Kier molecular flexibility index (Phi) is 3.75. The van der Waals surface area contributed by atoms with Crippen molar-refractivity contribution in [1.29, 1.82) is 0 Å². The average Bonchev–Trinajstić information content (AvgIpc) is 2.57. The number of anilines is 1. The lowest BCUT2D eigenvalue weighted by Gasteiger charge is -2.07. The largest absolute Gasteiger partial charge is 0.466 e. The molecule has 1 aromatic heterocycles. The molecule has 1 amide bonds. The van der Waals surface area contributed by atoms with E-state index in [1.54, 1.807) is 6.92 Å². The van der Waals surface area contributed by atoms with E-state index in [0.717, 1.165) is 11.3 Å². The SMILES string of the molecule is Cc1oc(C)c(C(=O)Nc2ccc(F)cc2Br)c1C. The van der Waals surface area contributed by atoms with Crippen molar-refractivity contribution < 1.29 is 13.6 Å². The van der Waals surface area contributed by atoms with E-state index in [1.165, 1.54) is 18.2 Å². The van der Waals surface area contributed by atoms with E-state index in [9.17, 15) is 9.18 Å². The molecule has 3 nitrogen and oxygen atoms in total. The minimum Gasteiger partial charge on any atom is -0.466 e. The number of nitrogens with one attached hydrogen (secondary N) is 1. The van der Waals surface area contributed by atoms with Crippen LogP contribution in [0.25, 0.3) is 0 Å². The molecule has 0 saturated heterocycles. The number of hydrogen-bond donors (Lipinski definition) is 1. The molecule has 0 fully saturated rings. The molecule has 2 aromatic rings. The van der Waals surface area contributed by atoms with E-state index in [0.29, 0.717) is 21.5 Å². The molecule has 19 heavy (non-hydrogen) atoms. The molecule has 1 heterocycles. The number of halogens is 2. The molecule has 0 radical (unpaired) electrons. The van der Waals surface area contributed by atoms with Gasteiger partial charge in [-0.25, -0.2) is 4.39 Å². The molecular weight excluding hydrogens is 313 g/mol. The zero-order valence-electron chi connectivity index (χ0n) is 10.8. The van der Waals surface area contributed by atoms with Crippen LogP contribution in [0.1, 0.15) is 27.4 Å². The molecule has 5 heteroatoms. The predicted molar refractivity (Wildman–Crippen MR) is 75.0 cm³/mol. The van der Waals surface area contributed by atoms with Gasteiger partial charge in [0.15, 0.2) is 0 Å². The Hall–Kier alpha value is -1.62. The van der Waals surface area contributed by atoms with E-state index in [4.69, 9.17) is 4.42 Å². The zero-order valence-corrected chi connectivity index (χ0v) is 12.4. The average molecular weight is 326 g/mol. The van der Waals surface area contributed by atoms with E-state index in [-0.39, 0.29) is 11.7 Å². The van der Waals surface area contributed by atoms with Crippen LogP contribution in [-0.4, -0.2) is 5.91 Å². The number of benzene rings is 1. The van der Waals surface area contributed by atoms with Crippen LogP contribution in [-0.2, 0) is 0 Å². The first-order valence-electron chi connectivity index (χ1n) is 5.73. The lowest BCUT2D eigenvalue weighted by Crippen LogP contribution is -2.14. The highest BCUT2D eigenvalue weighted by Crippen LogP contribution is 2.26. The number of carbonyl (C=O) groups is 1. The Labute approximate surface area is 118 Å². The quantitative estimate of drug-likeness (QED) is 0.891. The van der Waals surface area contributed by atoms with Gasteiger partial charge in [-0.1, -0.05) is 0 Å². The van der Waals surface area contributed by atoms with Crippen molar-refractivity contribution in [3.05, 3.63) is 51.1 Å². The number of furan rings is 1. The Morgan fingerprint density at radius 3 is 2.47 bits per heavy atom. The normalized spacial score (nSPS) is 10.6. The summed E-state index contributed by atoms with van der Waals surface area (Å²) >= 11 is 3.21. The van der Waals surface area contributed by atoms with Gasteiger partial charge >= 0.3 is 0 Å². The fraction of sp³-hybridized carbons (Fsp3) is 0.214. The van der Waals surface area contributed by atoms with E-state index in [2.05, 4.69) is 21.2 Å². The summed E-state index contributed by atoms with van der Waals surface area (Å²) in [5, 5.41) is 2.74. The number of rotatable bonds is 2. The summed E-state index contributed by atoms with van der Waals surface area (Å²) in [6.07, 6.45) is 0. The Balaban J connectivity index is 2.31. The summed E-state index contributed by atoms with van der Waals surface area (Å²) in [5.41, 5.74) is 1.85. The van der Waals surface area contributed by atoms with Gasteiger partial charge in [0.2, 0.25) is 0 Å². The fourth-order valence-corrected chi connectivity index (χ4v) is 2.35. The molecule has 0 aliphatic carbocycles. The minimum atomic E-state index is -0.364. The van der Waals surface area contributed by atoms with Crippen molar-refractivity contribution >= 4 is 27.5 Å². The minimum absolute atomic E-state index is 0.265. The van der Waals surface area contributed by atoms with Crippen molar-refractivity contribution in [2.45, 2.75) is 20.8 Å². The summed E-state index contributed by atoms with van der Waals surface area (Å²) in [5.74, 6) is 0.669. The Bertz CT molecular complexity index is 649. The van der Waals surface area contributed by atoms with Crippen LogP contribution in [0.3, 0.4) is 0 Å². The first-order valence-corrected chi connectivity index (χ1v) is 6.52. The highest BCUT2D eigenvalue weighted by atomic mass is 79.9. The summed E-state index contributed by atoms with van der Waals surface area (Å²) in [6, 6.07) is 4.10. The highest BCUT2D eigenvalue weighted by molar-refractivity contribution is 9.10. The number of hydrogen-bond acceptors (Lipinski definition) is 2. The third-order valence-electron chi connectivity index (χ3n) is 2.97. The maximum atomic E-state index is 13.0. The monoisotopic (exact) mass is 325 g/mol. The van der Waals surface area contributed by atoms with Gasteiger partial charge in [0.05, 0.1) is 11.3 Å². The summed E-state index contributed by atoms with van der Waals surface area (Å²) < 4.78 is 18.9. The zero-order chi connectivity index (χ0) is 14.2. The van der Waals surface area contributed by atoms with Crippen LogP contribution >= 0.6 is 15.9 Å². The lowest BCUT2D eigenvalue weighted by atomic mass is 10.1. The molecule has 1 N–H and O–H groups in total. The van der Waals surface area contributed by atoms with Crippen molar-refractivity contribution in [2.75, 3.05) is 5.32 Å². The first-order chi connectivity index (χ1) is 8.90. The standard InChI is InChI=1S/C14H13BrFNO2/c1-7-8(2)19-9(3)13(7)14(18)17-12-5-4-10(16)6-11(12)15/h4-6H,1-3H3,(H,17,18). The van der Waals surface area contributed by atoms with Crippen molar-refractivity contribution in [3.63, 3.8) is 0 Å². The fourth-order valence-electron chi connectivity index (χ4n) is 1.90. The maximum Gasteiger partial charge on any atom is 0.259 e. The van der Waals surface area contributed by atoms with Gasteiger partial charge in [0.25, 0.3) is 5.91 Å². The Morgan fingerprint density at radius 1 is 1.26 bits per heavy atom. The van der Waals surface area contributed by atoms with Gasteiger partial charge < -0.3 is 9.73 Å². The van der Waals surface area contributed by atoms with E-state index >= 15 is 0 Å². The highest BCUT2D eigenvalue weighted by Gasteiger charge is 2.19. The predicted octanol–water partition coefficient (Wildman–Crippen LogP) is 4.36. The number of carbonyl (C=O) groups excluding carboxylic acids is 1. The second-order valence-corrected chi connectivity index (χ2v) is 5.15. The lowest BCUT2D eigenvalue weighted by molar-refractivity contribution is 0.102. The van der Waals surface area contributed by atoms with Gasteiger partial charge in [0.1, 0.15) is 17.3 Å². The van der Waals surface area contributed by atoms with Crippen molar-refractivity contribution in [2.24, 2.45) is 0 Å². The van der Waals surface area contributed by atoms with E-state index in [1.807, 2.05) is 13.8 Å². The maximum absolute atomic E-state index is 13.0. The Morgan fingerprint density at radius 2 is 1.95 bits per heavy atom. The third-order valence-corrected chi connectivity index (χ3v) is 3.62. The molecule has 0 atom stereocenters. The molecule has 0 spiro atoms. The second-order valence-electron chi connectivity index (χ2n) is 4.29. The topological polar surface area (TPSA) is 42.2 Å². The number of aryl methyl sites for hydroxylation is 2. The smallest absolute Gasteiger partial charge is 0.259 e. The summed E-state index contributed by atoms with van der Waals surface area (Å²) in [7, 11) is 0. The molecule has 1 aromatic carbocycles. The van der Waals surface area contributed by atoms with Crippen LogP contribution < -0.4 is 5.32 Å². The van der Waals surface area contributed by atoms with Gasteiger partial charge in [-0.2, -0.15) is 0 Å². The molecule has 100 valence electrons. The number of amides is 1. The molecule has 2 rings (SSSR count). The van der Waals surface area contributed by atoms with Gasteiger partial charge in [-0.05, 0) is 54.9 Å². The molecular formula is C14H13BrFNO2. The van der Waals surface area contributed by atoms with Crippen molar-refractivity contribution in [1.82, 2.24) is 0 Å². The third kappa shape index (κ3) is 2.71.